The molecule has 4 nitrogen and oxygen atoms in total. The van der Waals surface area contributed by atoms with Gasteiger partial charge in [0.25, 0.3) is 0 Å². The van der Waals surface area contributed by atoms with Crippen molar-refractivity contribution in [3.8, 4) is 11.5 Å². The van der Waals surface area contributed by atoms with E-state index in [-0.39, 0.29) is 17.4 Å². The van der Waals surface area contributed by atoms with Gasteiger partial charge in [-0.3, -0.25) is 4.79 Å². The molecule has 0 aliphatic rings. The van der Waals surface area contributed by atoms with Crippen molar-refractivity contribution in [2.45, 2.75) is 52.0 Å². The lowest BCUT2D eigenvalue weighted by Gasteiger charge is -2.06. The highest BCUT2D eigenvalue weighted by Crippen LogP contribution is 2.24. The number of unbranched alkanes of at least 4 members (excludes halogenated alkanes) is 4. The molecule has 4 heteroatoms. The first-order chi connectivity index (χ1) is 9.13. The summed E-state index contributed by atoms with van der Waals surface area (Å²) < 4.78 is 0. The molecular weight excluding hydrogens is 242 g/mol. The molecule has 0 radical (unpaired) electrons. The minimum absolute atomic E-state index is 0.0315. The van der Waals surface area contributed by atoms with Crippen molar-refractivity contribution in [3.05, 3.63) is 23.8 Å². The largest absolute Gasteiger partial charge is 0.504 e. The van der Waals surface area contributed by atoms with Crippen LogP contribution in [-0.4, -0.2) is 16.1 Å². The predicted octanol–water partition coefficient (Wildman–Crippen LogP) is 3.07. The molecule has 0 heterocycles. The number of phenolic OH excluding ortho intramolecular Hbond substituents is 2. The third kappa shape index (κ3) is 6.13. The summed E-state index contributed by atoms with van der Waals surface area (Å²) in [5, 5.41) is 21.3. The Bertz CT molecular complexity index is 404. The summed E-state index contributed by atoms with van der Waals surface area (Å²) in [6, 6.07) is 4.55. The van der Waals surface area contributed by atoms with Gasteiger partial charge in [0.1, 0.15) is 0 Å². The highest BCUT2D eigenvalue weighted by atomic mass is 16.3. The second kappa shape index (κ2) is 8.40. The third-order valence-electron chi connectivity index (χ3n) is 3.04. The second-order valence-corrected chi connectivity index (χ2v) is 4.76. The van der Waals surface area contributed by atoms with Crippen molar-refractivity contribution < 1.29 is 15.0 Å². The van der Waals surface area contributed by atoms with E-state index in [4.69, 9.17) is 0 Å². The zero-order valence-electron chi connectivity index (χ0n) is 11.5. The normalized spacial score (nSPS) is 10.4. The molecule has 0 aliphatic carbocycles. The molecule has 0 bridgehead atoms. The summed E-state index contributed by atoms with van der Waals surface area (Å²) in [5.74, 6) is -0.277. The summed E-state index contributed by atoms with van der Waals surface area (Å²) >= 11 is 0. The van der Waals surface area contributed by atoms with Crippen molar-refractivity contribution in [1.29, 1.82) is 0 Å². The van der Waals surface area contributed by atoms with Gasteiger partial charge >= 0.3 is 0 Å². The lowest BCUT2D eigenvalue weighted by Crippen LogP contribution is -2.22. The van der Waals surface area contributed by atoms with Crippen LogP contribution in [0.5, 0.6) is 11.5 Å². The molecule has 0 aromatic heterocycles. The van der Waals surface area contributed by atoms with Gasteiger partial charge in [-0.1, -0.05) is 38.7 Å². The van der Waals surface area contributed by atoms with Crippen LogP contribution in [0, 0.1) is 0 Å². The average Bonchev–Trinajstić information content (AvgIpc) is 2.40. The Hall–Kier alpha value is -1.71. The lowest BCUT2D eigenvalue weighted by atomic mass is 10.1. The van der Waals surface area contributed by atoms with Crippen molar-refractivity contribution in [2.24, 2.45) is 0 Å². The maximum absolute atomic E-state index is 11.6. The highest BCUT2D eigenvalue weighted by Gasteiger charge is 2.03. The highest BCUT2D eigenvalue weighted by molar-refractivity contribution is 5.75. The number of amides is 1. The quantitative estimate of drug-likeness (QED) is 0.500. The monoisotopic (exact) mass is 265 g/mol. The molecule has 0 spiro atoms. The number of hydrogen-bond donors (Lipinski definition) is 3. The van der Waals surface area contributed by atoms with Gasteiger partial charge < -0.3 is 15.5 Å². The molecule has 19 heavy (non-hydrogen) atoms. The maximum Gasteiger partial charge on any atom is 0.220 e. The van der Waals surface area contributed by atoms with Crippen LogP contribution in [0.4, 0.5) is 0 Å². The molecule has 1 rings (SSSR count). The number of rotatable bonds is 8. The number of benzene rings is 1. The summed E-state index contributed by atoms with van der Waals surface area (Å²) in [7, 11) is 0. The minimum Gasteiger partial charge on any atom is -0.504 e. The number of hydrogen-bond acceptors (Lipinski definition) is 3. The number of nitrogens with one attached hydrogen (secondary N) is 1. The molecule has 0 saturated heterocycles. The Morgan fingerprint density at radius 2 is 1.84 bits per heavy atom. The van der Waals surface area contributed by atoms with Gasteiger partial charge in [0.15, 0.2) is 11.5 Å². The van der Waals surface area contributed by atoms with Gasteiger partial charge in [-0.15, -0.1) is 0 Å². The van der Waals surface area contributed by atoms with E-state index in [9.17, 15) is 15.0 Å². The molecule has 1 amide bonds. The van der Waals surface area contributed by atoms with Crippen LogP contribution in [0.3, 0.4) is 0 Å². The third-order valence-corrected chi connectivity index (χ3v) is 3.04. The van der Waals surface area contributed by atoms with Crippen LogP contribution in [-0.2, 0) is 11.3 Å². The van der Waals surface area contributed by atoms with Crippen molar-refractivity contribution in [1.82, 2.24) is 5.32 Å². The number of phenols is 2. The number of carbonyl (C=O) groups is 1. The Morgan fingerprint density at radius 3 is 2.53 bits per heavy atom. The van der Waals surface area contributed by atoms with E-state index < -0.39 is 0 Å². The van der Waals surface area contributed by atoms with Crippen LogP contribution in [0.25, 0.3) is 0 Å². The van der Waals surface area contributed by atoms with E-state index in [0.29, 0.717) is 13.0 Å². The lowest BCUT2D eigenvalue weighted by molar-refractivity contribution is -0.121. The SMILES string of the molecule is CCCCCCCC(=O)NCc1ccc(O)c(O)c1. The fourth-order valence-electron chi connectivity index (χ4n) is 1.86. The Morgan fingerprint density at radius 1 is 1.11 bits per heavy atom. The molecule has 0 atom stereocenters. The zero-order valence-corrected chi connectivity index (χ0v) is 11.5. The molecular formula is C15H23NO3. The fourth-order valence-corrected chi connectivity index (χ4v) is 1.86. The van der Waals surface area contributed by atoms with Gasteiger partial charge in [-0.25, -0.2) is 0 Å². The van der Waals surface area contributed by atoms with Gasteiger partial charge in [0.2, 0.25) is 5.91 Å². The molecule has 1 aromatic carbocycles. The Kier molecular flexibility index (Phi) is 6.79. The zero-order chi connectivity index (χ0) is 14.1. The summed E-state index contributed by atoms with van der Waals surface area (Å²) in [4.78, 5) is 11.6. The summed E-state index contributed by atoms with van der Waals surface area (Å²) in [6.45, 7) is 2.54. The van der Waals surface area contributed by atoms with Gasteiger partial charge in [-0.05, 0) is 24.1 Å². The standard InChI is InChI=1S/C15H23NO3/c1-2-3-4-5-6-7-15(19)16-11-12-8-9-13(17)14(18)10-12/h8-10,17-18H,2-7,11H2,1H3,(H,16,19). The van der Waals surface area contributed by atoms with E-state index in [1.54, 1.807) is 6.07 Å². The second-order valence-electron chi connectivity index (χ2n) is 4.76. The minimum atomic E-state index is -0.161. The molecule has 0 unspecified atom stereocenters. The predicted molar refractivity (Wildman–Crippen MR) is 75.0 cm³/mol. The first-order valence-electron chi connectivity index (χ1n) is 6.91. The molecule has 0 saturated carbocycles. The smallest absolute Gasteiger partial charge is 0.220 e. The van der Waals surface area contributed by atoms with Crippen LogP contribution in [0.15, 0.2) is 18.2 Å². The number of carbonyl (C=O) groups excluding carboxylic acids is 1. The van der Waals surface area contributed by atoms with E-state index in [1.807, 2.05) is 0 Å². The van der Waals surface area contributed by atoms with Crippen molar-refractivity contribution in [3.63, 3.8) is 0 Å². The van der Waals surface area contributed by atoms with Gasteiger partial charge in [0.05, 0.1) is 0 Å². The van der Waals surface area contributed by atoms with E-state index in [0.717, 1.165) is 18.4 Å². The van der Waals surface area contributed by atoms with E-state index >= 15 is 0 Å². The Balaban J connectivity index is 2.20. The van der Waals surface area contributed by atoms with Crippen LogP contribution in [0.1, 0.15) is 51.0 Å². The first-order valence-corrected chi connectivity index (χ1v) is 6.91. The molecule has 0 fully saturated rings. The van der Waals surface area contributed by atoms with E-state index in [2.05, 4.69) is 12.2 Å². The van der Waals surface area contributed by atoms with Crippen molar-refractivity contribution in [2.75, 3.05) is 0 Å². The van der Waals surface area contributed by atoms with Gasteiger partial charge in [0, 0.05) is 13.0 Å². The molecule has 106 valence electrons. The summed E-state index contributed by atoms with van der Waals surface area (Å²) in [5.41, 5.74) is 0.773. The van der Waals surface area contributed by atoms with Gasteiger partial charge in [-0.2, -0.15) is 0 Å². The Labute approximate surface area is 114 Å². The fraction of sp³-hybridized carbons (Fsp3) is 0.533. The molecule has 3 N–H and O–H groups in total. The maximum atomic E-state index is 11.6. The van der Waals surface area contributed by atoms with Crippen molar-refractivity contribution >= 4 is 5.91 Å². The van der Waals surface area contributed by atoms with Crippen LogP contribution < -0.4 is 5.32 Å². The average molecular weight is 265 g/mol. The molecule has 0 aliphatic heterocycles. The topological polar surface area (TPSA) is 69.6 Å². The van der Waals surface area contributed by atoms with Crippen LogP contribution >= 0.6 is 0 Å². The molecule has 1 aromatic rings. The van der Waals surface area contributed by atoms with E-state index in [1.165, 1.54) is 31.4 Å². The first kappa shape index (κ1) is 15.3. The number of aromatic hydroxyl groups is 2. The van der Waals surface area contributed by atoms with Crippen LogP contribution in [0.2, 0.25) is 0 Å². The summed E-state index contributed by atoms with van der Waals surface area (Å²) in [6.07, 6.45) is 6.20.